The Morgan fingerprint density at radius 3 is 1.89 bits per heavy atom. The van der Waals surface area contributed by atoms with Gasteiger partial charge >= 0.3 is 12.1 Å². The van der Waals surface area contributed by atoms with E-state index in [1.54, 1.807) is 20.8 Å². The summed E-state index contributed by atoms with van der Waals surface area (Å²) < 4.78 is 0. The molecule has 0 aliphatic carbocycles. The summed E-state index contributed by atoms with van der Waals surface area (Å²) in [6, 6.07) is 4.13. The first-order valence-corrected chi connectivity index (χ1v) is 5.68. The molecule has 1 aromatic rings. The Kier molecular flexibility index (Phi) is 4.04. The highest BCUT2D eigenvalue weighted by Gasteiger charge is 2.38. The van der Waals surface area contributed by atoms with Gasteiger partial charge in [0.2, 0.25) is 0 Å². The summed E-state index contributed by atoms with van der Waals surface area (Å²) in [5, 5.41) is 27.8. The fourth-order valence-corrected chi connectivity index (χ4v) is 1.84. The van der Waals surface area contributed by atoms with Gasteiger partial charge in [0, 0.05) is 5.54 Å². The maximum atomic E-state index is 11.4. The molecule has 0 saturated carbocycles. The molecule has 0 fully saturated rings. The van der Waals surface area contributed by atoms with E-state index >= 15 is 0 Å². The molecule has 0 bridgehead atoms. The van der Waals surface area contributed by atoms with Gasteiger partial charge in [-0.1, -0.05) is 12.1 Å². The van der Waals surface area contributed by atoms with Gasteiger partial charge in [-0.05, 0) is 38.5 Å². The summed E-state index contributed by atoms with van der Waals surface area (Å²) in [7, 11) is 0. The minimum atomic E-state index is -1.32. The molecule has 3 N–H and O–H groups in total. The van der Waals surface area contributed by atoms with Gasteiger partial charge in [-0.3, -0.25) is 4.90 Å². The van der Waals surface area contributed by atoms with Crippen LogP contribution in [0.5, 0.6) is 5.75 Å². The van der Waals surface area contributed by atoms with Crippen molar-refractivity contribution in [3.05, 3.63) is 29.8 Å². The fraction of sp³-hybridized carbons (Fsp3) is 0.385. The van der Waals surface area contributed by atoms with Crippen molar-refractivity contribution in [2.45, 2.75) is 32.4 Å². The van der Waals surface area contributed by atoms with E-state index in [9.17, 15) is 24.9 Å². The van der Waals surface area contributed by atoms with Gasteiger partial charge in [0.25, 0.3) is 0 Å². The zero-order chi connectivity index (χ0) is 14.8. The summed E-state index contributed by atoms with van der Waals surface area (Å²) in [6.45, 7) is 4.87. The van der Waals surface area contributed by atoms with E-state index in [1.165, 1.54) is 24.3 Å². The first-order valence-electron chi connectivity index (χ1n) is 5.68. The van der Waals surface area contributed by atoms with Crippen LogP contribution in [0.3, 0.4) is 0 Å². The first kappa shape index (κ1) is 14.8. The summed E-state index contributed by atoms with van der Waals surface area (Å²) in [6.07, 6.45) is -1.31. The average Bonchev–Trinajstić information content (AvgIpc) is 2.24. The van der Waals surface area contributed by atoms with Crippen LogP contribution < -0.4 is 0 Å². The Balaban J connectivity index is 3.30. The lowest BCUT2D eigenvalue weighted by Crippen LogP contribution is -2.49. The van der Waals surface area contributed by atoms with Crippen molar-refractivity contribution >= 4 is 12.1 Å². The molecule has 1 amide bonds. The highest BCUT2D eigenvalue weighted by Crippen LogP contribution is 2.29. The van der Waals surface area contributed by atoms with E-state index in [0.29, 0.717) is 5.56 Å². The van der Waals surface area contributed by atoms with Crippen molar-refractivity contribution < 1.29 is 24.9 Å². The molecule has 0 aliphatic heterocycles. The van der Waals surface area contributed by atoms with Crippen LogP contribution in [0.25, 0.3) is 0 Å². The topological polar surface area (TPSA) is 98.1 Å². The second-order valence-electron chi connectivity index (χ2n) is 5.16. The lowest BCUT2D eigenvalue weighted by Gasteiger charge is -2.37. The summed E-state index contributed by atoms with van der Waals surface area (Å²) in [5.74, 6) is -1.27. The zero-order valence-electron chi connectivity index (χ0n) is 11.0. The number of amides is 1. The van der Waals surface area contributed by atoms with Gasteiger partial charge in [-0.15, -0.1) is 0 Å². The largest absolute Gasteiger partial charge is 0.508 e. The maximum absolute atomic E-state index is 11.4. The third-order valence-corrected chi connectivity index (χ3v) is 2.63. The number of hydrogen-bond donors (Lipinski definition) is 3. The second-order valence-corrected chi connectivity index (χ2v) is 5.16. The Hall–Kier alpha value is -2.24. The summed E-state index contributed by atoms with van der Waals surface area (Å²) in [4.78, 5) is 23.6. The van der Waals surface area contributed by atoms with E-state index in [2.05, 4.69) is 0 Å². The molecule has 104 valence electrons. The molecule has 0 heterocycles. The second kappa shape index (κ2) is 5.17. The molecular formula is C13H17NO5. The van der Waals surface area contributed by atoms with Crippen LogP contribution in [0.4, 0.5) is 4.79 Å². The average molecular weight is 267 g/mol. The molecule has 19 heavy (non-hydrogen) atoms. The van der Waals surface area contributed by atoms with Crippen LogP contribution in [0.1, 0.15) is 32.4 Å². The van der Waals surface area contributed by atoms with Gasteiger partial charge in [-0.25, -0.2) is 9.59 Å². The molecule has 0 aliphatic rings. The number of carboxylic acids is 1. The molecule has 0 aromatic heterocycles. The van der Waals surface area contributed by atoms with Crippen molar-refractivity contribution in [3.8, 4) is 5.75 Å². The first-order chi connectivity index (χ1) is 8.64. The van der Waals surface area contributed by atoms with Crippen molar-refractivity contribution in [1.82, 2.24) is 4.90 Å². The monoisotopic (exact) mass is 267 g/mol. The zero-order valence-corrected chi connectivity index (χ0v) is 11.0. The number of nitrogens with zero attached hydrogens (tertiary/aromatic N) is 1. The number of aromatic hydroxyl groups is 1. The standard InChI is InChI=1S/C13H17NO5/c1-13(2,3)14(12(18)19)10(11(16)17)8-4-6-9(15)7-5-8/h4-7,10,15H,1-3H3,(H,16,17)(H,18,19)/t10-/m1/s1. The van der Waals surface area contributed by atoms with Crippen molar-refractivity contribution in [2.75, 3.05) is 0 Å². The Morgan fingerprint density at radius 2 is 1.58 bits per heavy atom. The molecular weight excluding hydrogens is 250 g/mol. The number of aliphatic carboxylic acids is 1. The van der Waals surface area contributed by atoms with Crippen LogP contribution in [0, 0.1) is 0 Å². The van der Waals surface area contributed by atoms with Gasteiger partial charge in [-0.2, -0.15) is 0 Å². The van der Waals surface area contributed by atoms with Crippen LogP contribution in [0.2, 0.25) is 0 Å². The summed E-state index contributed by atoms with van der Waals surface area (Å²) in [5.41, 5.74) is -0.574. The highest BCUT2D eigenvalue weighted by atomic mass is 16.4. The molecule has 6 heteroatoms. The minimum Gasteiger partial charge on any atom is -0.508 e. The highest BCUT2D eigenvalue weighted by molar-refractivity contribution is 5.81. The molecule has 6 nitrogen and oxygen atoms in total. The number of carbonyl (C=O) groups is 2. The van der Waals surface area contributed by atoms with Gasteiger partial charge in [0.1, 0.15) is 5.75 Å². The number of phenolic OH excluding ortho intramolecular Hbond substituents is 1. The number of hydrogen-bond acceptors (Lipinski definition) is 3. The van der Waals surface area contributed by atoms with Gasteiger partial charge < -0.3 is 15.3 Å². The van der Waals surface area contributed by atoms with E-state index in [1.807, 2.05) is 0 Å². The smallest absolute Gasteiger partial charge is 0.408 e. The van der Waals surface area contributed by atoms with Crippen LogP contribution in [-0.4, -0.2) is 37.8 Å². The quantitative estimate of drug-likeness (QED) is 0.780. The van der Waals surface area contributed by atoms with Gasteiger partial charge in [0.15, 0.2) is 6.04 Å². The SMILES string of the molecule is CC(C)(C)N(C(=O)O)[C@@H](C(=O)O)c1ccc(O)cc1. The van der Waals surface area contributed by atoms with Crippen molar-refractivity contribution in [2.24, 2.45) is 0 Å². The van der Waals surface area contributed by atoms with E-state index in [-0.39, 0.29) is 5.75 Å². The molecule has 0 radical (unpaired) electrons. The van der Waals surface area contributed by atoms with E-state index in [4.69, 9.17) is 0 Å². The predicted octanol–water partition coefficient (Wildman–Crippen LogP) is 2.30. The van der Waals surface area contributed by atoms with Gasteiger partial charge in [0.05, 0.1) is 0 Å². The molecule has 0 saturated heterocycles. The lowest BCUT2D eigenvalue weighted by molar-refractivity contribution is -0.144. The molecule has 0 spiro atoms. The molecule has 1 rings (SSSR count). The Labute approximate surface area is 110 Å². The van der Waals surface area contributed by atoms with E-state index in [0.717, 1.165) is 4.90 Å². The Morgan fingerprint density at radius 1 is 1.11 bits per heavy atom. The van der Waals surface area contributed by atoms with Crippen LogP contribution >= 0.6 is 0 Å². The number of phenols is 1. The lowest BCUT2D eigenvalue weighted by atomic mass is 9.98. The number of carboxylic acid groups (broad SMARTS) is 2. The molecule has 1 aromatic carbocycles. The van der Waals surface area contributed by atoms with Crippen LogP contribution in [-0.2, 0) is 4.79 Å². The maximum Gasteiger partial charge on any atom is 0.408 e. The third kappa shape index (κ3) is 3.37. The third-order valence-electron chi connectivity index (χ3n) is 2.63. The number of benzene rings is 1. The number of rotatable bonds is 3. The molecule has 0 unspecified atom stereocenters. The predicted molar refractivity (Wildman–Crippen MR) is 68.1 cm³/mol. The summed E-state index contributed by atoms with van der Waals surface area (Å²) >= 11 is 0. The van der Waals surface area contributed by atoms with E-state index < -0.39 is 23.6 Å². The normalized spacial score (nSPS) is 12.8. The molecule has 1 atom stereocenters. The van der Waals surface area contributed by atoms with Crippen LogP contribution in [0.15, 0.2) is 24.3 Å². The van der Waals surface area contributed by atoms with Crippen molar-refractivity contribution in [3.63, 3.8) is 0 Å². The van der Waals surface area contributed by atoms with Crippen molar-refractivity contribution in [1.29, 1.82) is 0 Å². The fourth-order valence-electron chi connectivity index (χ4n) is 1.84. The Bertz CT molecular complexity index is 475. The minimum absolute atomic E-state index is 0.00878.